The van der Waals surface area contributed by atoms with Crippen LogP contribution in [-0.2, 0) is 16.0 Å². The molecule has 0 saturated carbocycles. The van der Waals surface area contributed by atoms with E-state index in [1.165, 1.54) is 31.4 Å². The summed E-state index contributed by atoms with van der Waals surface area (Å²) in [4.78, 5) is 23.9. The number of nitrogens with zero attached hydrogens (tertiary/aromatic N) is 2. The van der Waals surface area contributed by atoms with E-state index in [0.29, 0.717) is 5.01 Å². The molecule has 1 aromatic heterocycles. The van der Waals surface area contributed by atoms with Gasteiger partial charge >= 0.3 is 12.0 Å². The molecule has 0 aliphatic carbocycles. The molecule has 0 saturated heterocycles. The molecule has 0 spiro atoms. The fourth-order valence-corrected chi connectivity index (χ4v) is 3.23. The number of esters is 1. The molecule has 3 rings (SSSR count). The molecule has 0 fully saturated rings. The molecule has 1 heterocycles. The Morgan fingerprint density at radius 3 is 2.66 bits per heavy atom. The number of anilines is 2. The van der Waals surface area contributed by atoms with Crippen molar-refractivity contribution in [1.82, 2.24) is 10.2 Å². The highest BCUT2D eigenvalue weighted by Gasteiger charge is 2.17. The normalized spacial score (nSPS) is 10.4. The molecule has 2 amide bonds. The highest BCUT2D eigenvalue weighted by molar-refractivity contribution is 7.15. The zero-order chi connectivity index (χ0) is 23.1. The van der Waals surface area contributed by atoms with Crippen molar-refractivity contribution in [2.75, 3.05) is 24.4 Å². The van der Waals surface area contributed by atoms with Crippen LogP contribution in [0, 0.1) is 11.6 Å². The maximum atomic E-state index is 14.2. The van der Waals surface area contributed by atoms with Crippen molar-refractivity contribution in [2.45, 2.75) is 13.3 Å². The minimum Gasteiger partial charge on any atom is -0.493 e. The molecule has 0 bridgehead atoms. The van der Waals surface area contributed by atoms with Gasteiger partial charge in [0.15, 0.2) is 17.3 Å². The number of para-hydroxylation sites is 1. The van der Waals surface area contributed by atoms with Crippen LogP contribution in [0.15, 0.2) is 36.4 Å². The van der Waals surface area contributed by atoms with Crippen LogP contribution in [-0.4, -0.2) is 35.9 Å². The third-order valence-corrected chi connectivity index (χ3v) is 4.68. The molecule has 32 heavy (non-hydrogen) atoms. The Morgan fingerprint density at radius 1 is 1.09 bits per heavy atom. The maximum absolute atomic E-state index is 14.2. The standard InChI is InChI=1S/C20H18F2N4O5S/c1-3-30-17(27)10-16-25-26-20(32-16)24-19(28)23-13-9-11(21)7-8-14(13)31-18-12(22)5-4-6-15(18)29-2/h4-9H,3,10H2,1-2H3,(H2,23,24,26,28). The average Bonchev–Trinajstić information content (AvgIpc) is 3.17. The van der Waals surface area contributed by atoms with Gasteiger partial charge in [0.05, 0.1) is 25.8 Å². The van der Waals surface area contributed by atoms with Crippen molar-refractivity contribution in [3.63, 3.8) is 0 Å². The predicted octanol–water partition coefficient (Wildman–Crippen LogP) is 4.37. The van der Waals surface area contributed by atoms with Gasteiger partial charge in [-0.1, -0.05) is 17.4 Å². The van der Waals surface area contributed by atoms with E-state index in [-0.39, 0.29) is 41.1 Å². The first-order valence-electron chi connectivity index (χ1n) is 9.25. The van der Waals surface area contributed by atoms with Crippen LogP contribution in [0.5, 0.6) is 17.2 Å². The molecule has 168 valence electrons. The molecule has 0 unspecified atom stereocenters. The van der Waals surface area contributed by atoms with Gasteiger partial charge in [-0.2, -0.15) is 0 Å². The number of amides is 2. The first-order chi connectivity index (χ1) is 15.4. The quantitative estimate of drug-likeness (QED) is 0.476. The minimum absolute atomic E-state index is 0.0230. The van der Waals surface area contributed by atoms with E-state index in [0.717, 1.165) is 23.5 Å². The number of carbonyl (C=O) groups excluding carboxylic acids is 2. The molecule has 0 atom stereocenters. The molecule has 0 aliphatic heterocycles. The smallest absolute Gasteiger partial charge is 0.325 e. The maximum Gasteiger partial charge on any atom is 0.325 e. The van der Waals surface area contributed by atoms with Crippen LogP contribution in [0.3, 0.4) is 0 Å². The fourth-order valence-electron chi connectivity index (χ4n) is 2.51. The summed E-state index contributed by atoms with van der Waals surface area (Å²) >= 11 is 0.976. The van der Waals surface area contributed by atoms with Crippen molar-refractivity contribution in [3.05, 3.63) is 53.0 Å². The zero-order valence-electron chi connectivity index (χ0n) is 17.0. The van der Waals surface area contributed by atoms with E-state index in [9.17, 15) is 18.4 Å². The summed E-state index contributed by atoms with van der Waals surface area (Å²) in [5, 5.41) is 12.9. The fraction of sp³-hybridized carbons (Fsp3) is 0.200. The summed E-state index contributed by atoms with van der Waals surface area (Å²) in [6.07, 6.45) is -0.0822. The van der Waals surface area contributed by atoms with E-state index >= 15 is 0 Å². The zero-order valence-corrected chi connectivity index (χ0v) is 17.8. The highest BCUT2D eigenvalue weighted by Crippen LogP contribution is 2.37. The second-order valence-corrected chi connectivity index (χ2v) is 7.14. The number of nitrogens with one attached hydrogen (secondary N) is 2. The largest absolute Gasteiger partial charge is 0.493 e. The van der Waals surface area contributed by atoms with E-state index in [2.05, 4.69) is 20.8 Å². The lowest BCUT2D eigenvalue weighted by Gasteiger charge is -2.15. The molecular formula is C20H18F2N4O5S. The highest BCUT2D eigenvalue weighted by atomic mass is 32.1. The number of carbonyl (C=O) groups is 2. The molecule has 2 N–H and O–H groups in total. The number of hydrogen-bond acceptors (Lipinski definition) is 8. The number of aromatic nitrogens is 2. The van der Waals surface area contributed by atoms with Crippen LogP contribution >= 0.6 is 11.3 Å². The number of hydrogen-bond donors (Lipinski definition) is 2. The Labute approximate surface area is 185 Å². The van der Waals surface area contributed by atoms with Gasteiger partial charge in [0, 0.05) is 6.07 Å². The summed E-state index contributed by atoms with van der Waals surface area (Å²) in [6.45, 7) is 1.92. The number of halogens is 2. The number of ether oxygens (including phenoxy) is 3. The summed E-state index contributed by atoms with van der Waals surface area (Å²) < 4.78 is 43.4. The van der Waals surface area contributed by atoms with Gasteiger partial charge < -0.3 is 19.5 Å². The molecule has 0 radical (unpaired) electrons. The molecule has 0 aliphatic rings. The van der Waals surface area contributed by atoms with Crippen molar-refractivity contribution < 1.29 is 32.6 Å². The van der Waals surface area contributed by atoms with Crippen LogP contribution in [0.4, 0.5) is 24.4 Å². The Bertz CT molecular complexity index is 1130. The first-order valence-corrected chi connectivity index (χ1v) is 10.1. The van der Waals surface area contributed by atoms with Crippen LogP contribution in [0.1, 0.15) is 11.9 Å². The number of benzene rings is 2. The van der Waals surface area contributed by atoms with Crippen LogP contribution in [0.25, 0.3) is 0 Å². The summed E-state index contributed by atoms with van der Waals surface area (Å²) in [5.41, 5.74) is -0.0657. The lowest BCUT2D eigenvalue weighted by Crippen LogP contribution is -2.19. The number of methoxy groups -OCH3 is 1. The topological polar surface area (TPSA) is 112 Å². The summed E-state index contributed by atoms with van der Waals surface area (Å²) in [7, 11) is 1.34. The summed E-state index contributed by atoms with van der Waals surface area (Å²) in [5.74, 6) is -1.95. The van der Waals surface area contributed by atoms with Gasteiger partial charge in [0.25, 0.3) is 0 Å². The lowest BCUT2D eigenvalue weighted by atomic mass is 10.2. The average molecular weight is 464 g/mol. The van der Waals surface area contributed by atoms with Gasteiger partial charge in [0.2, 0.25) is 10.9 Å². The molecule has 12 heteroatoms. The molecule has 9 nitrogen and oxygen atoms in total. The van der Waals surface area contributed by atoms with Gasteiger partial charge in [-0.3, -0.25) is 10.1 Å². The third-order valence-electron chi connectivity index (χ3n) is 3.84. The minimum atomic E-state index is -0.778. The van der Waals surface area contributed by atoms with E-state index in [4.69, 9.17) is 14.2 Å². The Morgan fingerprint density at radius 2 is 1.91 bits per heavy atom. The summed E-state index contributed by atoms with van der Waals surface area (Å²) in [6, 6.07) is 6.66. The van der Waals surface area contributed by atoms with E-state index < -0.39 is 23.6 Å². The van der Waals surface area contributed by atoms with Crippen LogP contribution in [0.2, 0.25) is 0 Å². The molecule has 3 aromatic rings. The second-order valence-electron chi connectivity index (χ2n) is 6.08. The van der Waals surface area contributed by atoms with Gasteiger partial charge in [-0.15, -0.1) is 10.2 Å². The van der Waals surface area contributed by atoms with Gasteiger partial charge in [-0.25, -0.2) is 13.6 Å². The van der Waals surface area contributed by atoms with E-state index in [1.807, 2.05) is 0 Å². The Balaban J connectivity index is 1.73. The Kier molecular flexibility index (Phi) is 7.49. The van der Waals surface area contributed by atoms with Crippen molar-refractivity contribution in [1.29, 1.82) is 0 Å². The SMILES string of the molecule is CCOC(=O)Cc1nnc(NC(=O)Nc2cc(F)ccc2Oc2c(F)cccc2OC)s1. The van der Waals surface area contributed by atoms with Gasteiger partial charge in [-0.05, 0) is 31.2 Å². The molecular weight excluding hydrogens is 446 g/mol. The lowest BCUT2D eigenvalue weighted by molar-refractivity contribution is -0.142. The number of rotatable bonds is 8. The van der Waals surface area contributed by atoms with E-state index in [1.54, 1.807) is 6.92 Å². The van der Waals surface area contributed by atoms with Crippen LogP contribution < -0.4 is 20.1 Å². The predicted molar refractivity (Wildman–Crippen MR) is 112 cm³/mol. The molecule has 2 aromatic carbocycles. The third kappa shape index (κ3) is 5.88. The monoisotopic (exact) mass is 464 g/mol. The van der Waals surface area contributed by atoms with Crippen molar-refractivity contribution >= 4 is 34.2 Å². The Hall–Kier alpha value is -3.80. The first kappa shape index (κ1) is 22.9. The van der Waals surface area contributed by atoms with Crippen molar-refractivity contribution in [3.8, 4) is 17.2 Å². The van der Waals surface area contributed by atoms with Gasteiger partial charge in [0.1, 0.15) is 10.8 Å². The van der Waals surface area contributed by atoms with Crippen molar-refractivity contribution in [2.24, 2.45) is 0 Å². The number of urea groups is 1. The second kappa shape index (κ2) is 10.5.